The SMILES string of the molecule is O=C(Cc1ccc(O)cc1)c1c(O)cccc1P. The van der Waals surface area contributed by atoms with Gasteiger partial charge in [-0.1, -0.05) is 24.3 Å². The highest BCUT2D eigenvalue weighted by atomic mass is 31.0. The van der Waals surface area contributed by atoms with Crippen LogP contribution in [0.5, 0.6) is 11.5 Å². The van der Waals surface area contributed by atoms with E-state index < -0.39 is 0 Å². The van der Waals surface area contributed by atoms with Crippen molar-refractivity contribution in [3.05, 3.63) is 53.6 Å². The molecule has 0 fully saturated rings. The van der Waals surface area contributed by atoms with E-state index in [1.165, 1.54) is 18.2 Å². The monoisotopic (exact) mass is 260 g/mol. The third-order valence-corrected chi connectivity index (χ3v) is 3.14. The summed E-state index contributed by atoms with van der Waals surface area (Å²) < 4.78 is 0. The van der Waals surface area contributed by atoms with Gasteiger partial charge in [0.05, 0.1) is 5.56 Å². The normalized spacial score (nSPS) is 10.3. The number of carbonyl (C=O) groups excluding carboxylic acids is 1. The third-order valence-electron chi connectivity index (χ3n) is 2.65. The highest BCUT2D eigenvalue weighted by Crippen LogP contribution is 2.19. The Balaban J connectivity index is 2.25. The van der Waals surface area contributed by atoms with Crippen LogP contribution >= 0.6 is 9.24 Å². The van der Waals surface area contributed by atoms with Crippen molar-refractivity contribution in [3.8, 4) is 11.5 Å². The van der Waals surface area contributed by atoms with E-state index in [1.54, 1.807) is 24.3 Å². The summed E-state index contributed by atoms with van der Waals surface area (Å²) in [7, 11) is 2.44. The minimum atomic E-state index is -0.149. The maximum atomic E-state index is 12.1. The van der Waals surface area contributed by atoms with E-state index in [0.717, 1.165) is 5.56 Å². The molecule has 4 heteroatoms. The van der Waals surface area contributed by atoms with Crippen molar-refractivity contribution in [1.29, 1.82) is 0 Å². The molecule has 3 nitrogen and oxygen atoms in total. The van der Waals surface area contributed by atoms with Gasteiger partial charge in [0, 0.05) is 6.42 Å². The molecule has 1 unspecified atom stereocenters. The average molecular weight is 260 g/mol. The number of aromatic hydroxyl groups is 2. The van der Waals surface area contributed by atoms with Gasteiger partial charge in [-0.2, -0.15) is 0 Å². The third kappa shape index (κ3) is 2.69. The number of benzene rings is 2. The summed E-state index contributed by atoms with van der Waals surface area (Å²) in [6, 6.07) is 11.4. The molecule has 2 aromatic carbocycles. The van der Waals surface area contributed by atoms with E-state index in [0.29, 0.717) is 10.9 Å². The van der Waals surface area contributed by atoms with Crippen molar-refractivity contribution in [2.75, 3.05) is 0 Å². The Bertz CT molecular complexity index is 556. The van der Waals surface area contributed by atoms with Gasteiger partial charge in [0.2, 0.25) is 0 Å². The van der Waals surface area contributed by atoms with Gasteiger partial charge in [0.15, 0.2) is 5.78 Å². The Morgan fingerprint density at radius 1 is 1.06 bits per heavy atom. The van der Waals surface area contributed by atoms with Crippen LogP contribution in [0.2, 0.25) is 0 Å². The second-order valence-corrected chi connectivity index (χ2v) is 4.63. The second-order valence-electron chi connectivity index (χ2n) is 4.01. The highest BCUT2D eigenvalue weighted by molar-refractivity contribution is 7.27. The smallest absolute Gasteiger partial charge is 0.171 e. The fourth-order valence-electron chi connectivity index (χ4n) is 1.75. The number of hydrogen-bond donors (Lipinski definition) is 2. The van der Waals surface area contributed by atoms with Gasteiger partial charge in [-0.25, -0.2) is 0 Å². The van der Waals surface area contributed by atoms with Crippen LogP contribution in [0.1, 0.15) is 15.9 Å². The number of ketones is 1. The summed E-state index contributed by atoms with van der Waals surface area (Å²) in [5.41, 5.74) is 1.13. The zero-order chi connectivity index (χ0) is 13.1. The Morgan fingerprint density at radius 3 is 2.33 bits per heavy atom. The molecule has 0 aliphatic carbocycles. The molecular formula is C14H13O3P. The maximum absolute atomic E-state index is 12.1. The fourth-order valence-corrected chi connectivity index (χ4v) is 2.17. The number of phenols is 2. The van der Waals surface area contributed by atoms with Gasteiger partial charge in [-0.15, -0.1) is 9.24 Å². The maximum Gasteiger partial charge on any atom is 0.171 e. The minimum absolute atomic E-state index is 0.00808. The molecule has 0 spiro atoms. The van der Waals surface area contributed by atoms with Crippen LogP contribution in [-0.4, -0.2) is 16.0 Å². The van der Waals surface area contributed by atoms with Crippen LogP contribution in [0.25, 0.3) is 0 Å². The Labute approximate surface area is 107 Å². The number of rotatable bonds is 3. The molecule has 0 amide bonds. The first-order valence-electron chi connectivity index (χ1n) is 5.46. The molecule has 2 N–H and O–H groups in total. The van der Waals surface area contributed by atoms with Gasteiger partial charge in [0.1, 0.15) is 11.5 Å². The average Bonchev–Trinajstić information content (AvgIpc) is 2.32. The van der Waals surface area contributed by atoms with E-state index in [2.05, 4.69) is 9.24 Å². The van der Waals surface area contributed by atoms with Crippen molar-refractivity contribution in [2.24, 2.45) is 0 Å². The van der Waals surface area contributed by atoms with Gasteiger partial charge < -0.3 is 10.2 Å². The topological polar surface area (TPSA) is 57.5 Å². The molecule has 92 valence electrons. The Morgan fingerprint density at radius 2 is 1.72 bits per heavy atom. The zero-order valence-electron chi connectivity index (χ0n) is 9.63. The standard InChI is InChI=1S/C14H13O3P/c15-10-6-4-9(5-7-10)8-12(17)14-11(16)2-1-3-13(14)18/h1-7,15-16H,8,18H2. The van der Waals surface area contributed by atoms with Crippen LogP contribution in [-0.2, 0) is 6.42 Å². The van der Waals surface area contributed by atoms with Gasteiger partial charge in [-0.3, -0.25) is 4.79 Å². The number of phenolic OH excluding ortho intramolecular Hbond substituents is 2. The summed E-state index contributed by atoms with van der Waals surface area (Å²) in [6.45, 7) is 0. The number of hydrogen-bond acceptors (Lipinski definition) is 3. The van der Waals surface area contributed by atoms with Crippen molar-refractivity contribution in [1.82, 2.24) is 0 Å². The van der Waals surface area contributed by atoms with Crippen LogP contribution in [0.4, 0.5) is 0 Å². The lowest BCUT2D eigenvalue weighted by Crippen LogP contribution is -2.12. The van der Waals surface area contributed by atoms with Crippen LogP contribution < -0.4 is 5.30 Å². The van der Waals surface area contributed by atoms with Gasteiger partial charge in [0.25, 0.3) is 0 Å². The van der Waals surface area contributed by atoms with E-state index >= 15 is 0 Å². The predicted octanol–water partition coefficient (Wildman–Crippen LogP) is 2.02. The van der Waals surface area contributed by atoms with Gasteiger partial charge in [-0.05, 0) is 29.1 Å². The van der Waals surface area contributed by atoms with E-state index in [-0.39, 0.29) is 23.7 Å². The molecule has 0 radical (unpaired) electrons. The molecule has 2 rings (SSSR count). The van der Waals surface area contributed by atoms with Crippen LogP contribution in [0.15, 0.2) is 42.5 Å². The fraction of sp³-hybridized carbons (Fsp3) is 0.0714. The van der Waals surface area contributed by atoms with Gasteiger partial charge >= 0.3 is 0 Å². The predicted molar refractivity (Wildman–Crippen MR) is 73.6 cm³/mol. The number of carbonyl (C=O) groups is 1. The van der Waals surface area contributed by atoms with Crippen LogP contribution in [0, 0.1) is 0 Å². The highest BCUT2D eigenvalue weighted by Gasteiger charge is 2.14. The molecule has 0 aliphatic rings. The molecule has 0 saturated carbocycles. The molecule has 18 heavy (non-hydrogen) atoms. The summed E-state index contributed by atoms with van der Waals surface area (Å²) in [5.74, 6) is 0.00978. The first kappa shape index (κ1) is 12.6. The lowest BCUT2D eigenvalue weighted by molar-refractivity contribution is 0.0991. The first-order valence-corrected chi connectivity index (χ1v) is 6.04. The second kappa shape index (κ2) is 5.19. The Hall–Kier alpha value is -1.86. The first-order chi connectivity index (χ1) is 8.58. The molecular weight excluding hydrogens is 247 g/mol. The minimum Gasteiger partial charge on any atom is -0.508 e. The molecule has 0 bridgehead atoms. The summed E-state index contributed by atoms with van der Waals surface area (Å²) in [4.78, 5) is 12.1. The van der Waals surface area contributed by atoms with Crippen molar-refractivity contribution in [2.45, 2.75) is 6.42 Å². The number of Topliss-reactive ketones (excluding diaryl/α,β-unsaturated/α-hetero) is 1. The largest absolute Gasteiger partial charge is 0.508 e. The molecule has 2 aromatic rings. The van der Waals surface area contributed by atoms with Crippen molar-refractivity contribution < 1.29 is 15.0 Å². The molecule has 0 aliphatic heterocycles. The van der Waals surface area contributed by atoms with Crippen molar-refractivity contribution >= 4 is 20.3 Å². The zero-order valence-corrected chi connectivity index (χ0v) is 10.8. The lowest BCUT2D eigenvalue weighted by atomic mass is 10.0. The molecule has 0 heterocycles. The Kier molecular flexibility index (Phi) is 3.63. The summed E-state index contributed by atoms with van der Waals surface area (Å²) in [6.07, 6.45) is 0.194. The lowest BCUT2D eigenvalue weighted by Gasteiger charge is -2.07. The van der Waals surface area contributed by atoms with Crippen LogP contribution in [0.3, 0.4) is 0 Å². The van der Waals surface area contributed by atoms with E-state index in [9.17, 15) is 9.90 Å². The quantitative estimate of drug-likeness (QED) is 0.655. The summed E-state index contributed by atoms with van der Waals surface area (Å²) >= 11 is 0. The molecule has 0 saturated heterocycles. The van der Waals surface area contributed by atoms with Crippen molar-refractivity contribution in [3.63, 3.8) is 0 Å². The summed E-state index contributed by atoms with van der Waals surface area (Å²) in [5, 5.41) is 19.6. The molecule has 0 aromatic heterocycles. The van der Waals surface area contributed by atoms with E-state index in [1.807, 2.05) is 0 Å². The van der Waals surface area contributed by atoms with E-state index in [4.69, 9.17) is 5.11 Å². The molecule has 1 atom stereocenters.